The molecule has 0 saturated carbocycles. The van der Waals surface area contributed by atoms with Gasteiger partial charge in [-0.05, 0) is 30.7 Å². The Morgan fingerprint density at radius 1 is 1.33 bits per heavy atom. The molecule has 102 valence electrons. The highest BCUT2D eigenvalue weighted by atomic mass is 79.9. The van der Waals surface area contributed by atoms with Crippen LogP contribution in [-0.4, -0.2) is 32.8 Å². The molecule has 0 saturated heterocycles. The lowest BCUT2D eigenvalue weighted by Gasteiger charge is -2.15. The SMILES string of the molecule is COCCNCC(C)NCc1cc(Br)ccc1Br. The number of hydrogen-bond donors (Lipinski definition) is 2. The second kappa shape index (κ2) is 9.04. The van der Waals surface area contributed by atoms with E-state index in [-0.39, 0.29) is 0 Å². The summed E-state index contributed by atoms with van der Waals surface area (Å²) in [6.45, 7) is 5.61. The third-order valence-corrected chi connectivity index (χ3v) is 3.85. The molecule has 0 aliphatic heterocycles. The molecule has 0 bridgehead atoms. The van der Waals surface area contributed by atoms with Crippen LogP contribution in [0.25, 0.3) is 0 Å². The lowest BCUT2D eigenvalue weighted by Crippen LogP contribution is -2.37. The molecule has 0 heterocycles. The molecule has 1 aromatic rings. The number of hydrogen-bond acceptors (Lipinski definition) is 3. The molecule has 18 heavy (non-hydrogen) atoms. The van der Waals surface area contributed by atoms with Crippen LogP contribution in [0.5, 0.6) is 0 Å². The summed E-state index contributed by atoms with van der Waals surface area (Å²) in [6.07, 6.45) is 0. The second-order valence-corrected chi connectivity index (χ2v) is 5.98. The van der Waals surface area contributed by atoms with Gasteiger partial charge in [0.1, 0.15) is 0 Å². The maximum atomic E-state index is 4.99. The fraction of sp³-hybridized carbons (Fsp3) is 0.538. The molecule has 1 aromatic carbocycles. The molecule has 0 aliphatic rings. The van der Waals surface area contributed by atoms with Crippen LogP contribution >= 0.6 is 31.9 Å². The highest BCUT2D eigenvalue weighted by Crippen LogP contribution is 2.21. The van der Waals surface area contributed by atoms with Crippen molar-refractivity contribution in [3.63, 3.8) is 0 Å². The number of methoxy groups -OCH3 is 1. The molecule has 1 atom stereocenters. The summed E-state index contributed by atoms with van der Waals surface area (Å²) < 4.78 is 7.23. The van der Waals surface area contributed by atoms with Gasteiger partial charge in [-0.3, -0.25) is 0 Å². The van der Waals surface area contributed by atoms with Gasteiger partial charge < -0.3 is 15.4 Å². The third-order valence-electron chi connectivity index (χ3n) is 2.58. The van der Waals surface area contributed by atoms with E-state index < -0.39 is 0 Å². The first-order valence-electron chi connectivity index (χ1n) is 6.00. The van der Waals surface area contributed by atoms with Gasteiger partial charge in [0.05, 0.1) is 6.61 Å². The van der Waals surface area contributed by atoms with Crippen molar-refractivity contribution in [2.75, 3.05) is 26.8 Å². The van der Waals surface area contributed by atoms with Crippen molar-refractivity contribution >= 4 is 31.9 Å². The molecule has 0 amide bonds. The topological polar surface area (TPSA) is 33.3 Å². The molecule has 5 heteroatoms. The number of ether oxygens (including phenoxy) is 1. The Morgan fingerprint density at radius 3 is 2.83 bits per heavy atom. The molecule has 1 rings (SSSR count). The van der Waals surface area contributed by atoms with Gasteiger partial charge in [-0.2, -0.15) is 0 Å². The molecular formula is C13H20Br2N2O. The number of halogens is 2. The van der Waals surface area contributed by atoms with Crippen LogP contribution in [0.2, 0.25) is 0 Å². The Balaban J connectivity index is 2.29. The summed E-state index contributed by atoms with van der Waals surface area (Å²) in [5.74, 6) is 0. The van der Waals surface area contributed by atoms with E-state index in [1.165, 1.54) is 5.56 Å². The second-order valence-electron chi connectivity index (χ2n) is 4.21. The minimum atomic E-state index is 0.424. The molecule has 0 fully saturated rings. The monoisotopic (exact) mass is 378 g/mol. The number of nitrogens with one attached hydrogen (secondary N) is 2. The lowest BCUT2D eigenvalue weighted by atomic mass is 10.2. The zero-order valence-electron chi connectivity index (χ0n) is 10.8. The first-order chi connectivity index (χ1) is 8.63. The van der Waals surface area contributed by atoms with E-state index in [1.807, 2.05) is 6.07 Å². The number of benzene rings is 1. The van der Waals surface area contributed by atoms with Crippen LogP contribution in [0.3, 0.4) is 0 Å². The van der Waals surface area contributed by atoms with Gasteiger partial charge >= 0.3 is 0 Å². The fourth-order valence-electron chi connectivity index (χ4n) is 1.53. The summed E-state index contributed by atoms with van der Waals surface area (Å²) >= 11 is 7.05. The van der Waals surface area contributed by atoms with Crippen molar-refractivity contribution in [1.29, 1.82) is 0 Å². The van der Waals surface area contributed by atoms with Crippen LogP contribution in [0, 0.1) is 0 Å². The van der Waals surface area contributed by atoms with E-state index in [2.05, 4.69) is 61.5 Å². The summed E-state index contributed by atoms with van der Waals surface area (Å²) in [7, 11) is 1.72. The predicted octanol–water partition coefficient (Wildman–Crippen LogP) is 2.93. The standard InChI is InChI=1S/C13H20Br2N2O/c1-10(8-16-5-6-18-2)17-9-11-7-12(14)3-4-13(11)15/h3-4,7,10,16-17H,5-6,8-9H2,1-2H3. The van der Waals surface area contributed by atoms with E-state index in [0.29, 0.717) is 6.04 Å². The van der Waals surface area contributed by atoms with Gasteiger partial charge in [-0.15, -0.1) is 0 Å². The zero-order chi connectivity index (χ0) is 13.4. The molecule has 0 radical (unpaired) electrons. The average Bonchev–Trinajstić information content (AvgIpc) is 2.36. The Labute approximate surface area is 126 Å². The van der Waals surface area contributed by atoms with Crippen molar-refractivity contribution < 1.29 is 4.74 Å². The minimum absolute atomic E-state index is 0.424. The van der Waals surface area contributed by atoms with Crippen molar-refractivity contribution in [3.05, 3.63) is 32.7 Å². The Kier molecular flexibility index (Phi) is 8.10. The van der Waals surface area contributed by atoms with Crippen LogP contribution in [-0.2, 0) is 11.3 Å². The van der Waals surface area contributed by atoms with Gasteiger partial charge in [0, 0.05) is 41.7 Å². The van der Waals surface area contributed by atoms with Crippen LogP contribution < -0.4 is 10.6 Å². The van der Waals surface area contributed by atoms with Crippen LogP contribution in [0.1, 0.15) is 12.5 Å². The van der Waals surface area contributed by atoms with E-state index in [0.717, 1.165) is 35.2 Å². The Morgan fingerprint density at radius 2 is 2.11 bits per heavy atom. The van der Waals surface area contributed by atoms with Crippen molar-refractivity contribution in [2.45, 2.75) is 19.5 Å². The van der Waals surface area contributed by atoms with Gasteiger partial charge in [0.2, 0.25) is 0 Å². The summed E-state index contributed by atoms with van der Waals surface area (Å²) in [5, 5.41) is 6.83. The number of rotatable bonds is 8. The highest BCUT2D eigenvalue weighted by Gasteiger charge is 2.04. The smallest absolute Gasteiger partial charge is 0.0587 e. The molecule has 0 aromatic heterocycles. The quantitative estimate of drug-likeness (QED) is 0.681. The fourth-order valence-corrected chi connectivity index (χ4v) is 2.32. The largest absolute Gasteiger partial charge is 0.383 e. The summed E-state index contributed by atoms with van der Waals surface area (Å²) in [6, 6.07) is 6.64. The first-order valence-corrected chi connectivity index (χ1v) is 7.59. The third kappa shape index (κ3) is 6.29. The van der Waals surface area contributed by atoms with Crippen LogP contribution in [0.15, 0.2) is 27.1 Å². The summed E-state index contributed by atoms with van der Waals surface area (Å²) in [5.41, 5.74) is 1.26. The predicted molar refractivity (Wildman–Crippen MR) is 82.9 cm³/mol. The summed E-state index contributed by atoms with van der Waals surface area (Å²) in [4.78, 5) is 0. The van der Waals surface area contributed by atoms with Gasteiger partial charge in [0.25, 0.3) is 0 Å². The normalized spacial score (nSPS) is 12.7. The van der Waals surface area contributed by atoms with Crippen molar-refractivity contribution in [1.82, 2.24) is 10.6 Å². The highest BCUT2D eigenvalue weighted by molar-refractivity contribution is 9.11. The lowest BCUT2D eigenvalue weighted by molar-refractivity contribution is 0.198. The van der Waals surface area contributed by atoms with E-state index in [1.54, 1.807) is 7.11 Å². The molecule has 0 aliphatic carbocycles. The molecule has 0 spiro atoms. The molecule has 1 unspecified atom stereocenters. The van der Waals surface area contributed by atoms with Gasteiger partial charge in [-0.25, -0.2) is 0 Å². The first kappa shape index (κ1) is 16.1. The van der Waals surface area contributed by atoms with Gasteiger partial charge in [0.15, 0.2) is 0 Å². The van der Waals surface area contributed by atoms with E-state index >= 15 is 0 Å². The van der Waals surface area contributed by atoms with E-state index in [9.17, 15) is 0 Å². The maximum Gasteiger partial charge on any atom is 0.0587 e. The Hall–Kier alpha value is 0.0600. The molecule has 3 nitrogen and oxygen atoms in total. The molecule has 2 N–H and O–H groups in total. The van der Waals surface area contributed by atoms with Crippen molar-refractivity contribution in [3.8, 4) is 0 Å². The van der Waals surface area contributed by atoms with Crippen LogP contribution in [0.4, 0.5) is 0 Å². The Bertz CT molecular complexity index is 361. The zero-order valence-corrected chi connectivity index (χ0v) is 14.0. The molecular weight excluding hydrogens is 360 g/mol. The van der Waals surface area contributed by atoms with Gasteiger partial charge in [-0.1, -0.05) is 31.9 Å². The maximum absolute atomic E-state index is 4.99. The van der Waals surface area contributed by atoms with E-state index in [4.69, 9.17) is 4.74 Å². The van der Waals surface area contributed by atoms with Crippen molar-refractivity contribution in [2.24, 2.45) is 0 Å². The minimum Gasteiger partial charge on any atom is -0.383 e. The average molecular weight is 380 g/mol.